The number of likely N-dealkylation sites (N-methyl/N-ethyl adjacent to an activating group) is 1. The third kappa shape index (κ3) is 5.34. The number of halogens is 1. The summed E-state index contributed by atoms with van der Waals surface area (Å²) in [6.45, 7) is 2.09. The average molecular weight is 390 g/mol. The molecule has 2 rings (SSSR count). The van der Waals surface area contributed by atoms with Crippen LogP contribution in [-0.4, -0.2) is 30.6 Å². The van der Waals surface area contributed by atoms with Crippen molar-refractivity contribution in [2.24, 2.45) is 9.55 Å². The highest BCUT2D eigenvalue weighted by Crippen LogP contribution is 2.15. The molecule has 0 saturated heterocycles. The number of oxime groups is 1. The normalized spacial score (nSPS) is 12.0. The second kappa shape index (κ2) is 9.99. The molecule has 1 amide bonds. The molecular formula is C19H20ClN3O2S. The van der Waals surface area contributed by atoms with Crippen LogP contribution >= 0.6 is 23.5 Å². The quantitative estimate of drug-likeness (QED) is 0.440. The standard InChI is InChI=1S/C19H20ClN3O2S/c1-13(14-8-10-16(20)11-9-14)22-25-12-15-6-4-5-7-17(15)18(23-26-3)19(24)21-2/h4-11H,12H2,1-3H3,(H,21,24)/b22-13+,23-18+. The second-order valence-corrected chi connectivity index (χ2v) is 6.30. The number of carbonyl (C=O) groups is 1. The summed E-state index contributed by atoms with van der Waals surface area (Å²) >= 11 is 7.13. The smallest absolute Gasteiger partial charge is 0.270 e. The summed E-state index contributed by atoms with van der Waals surface area (Å²) in [6.07, 6.45) is 1.81. The Morgan fingerprint density at radius 3 is 2.54 bits per heavy atom. The summed E-state index contributed by atoms with van der Waals surface area (Å²) in [7, 11) is 1.58. The lowest BCUT2D eigenvalue weighted by Crippen LogP contribution is -2.29. The number of benzene rings is 2. The van der Waals surface area contributed by atoms with Crippen LogP contribution in [0.5, 0.6) is 0 Å². The summed E-state index contributed by atoms with van der Waals surface area (Å²) in [5, 5.41) is 7.44. The molecule has 2 aromatic rings. The van der Waals surface area contributed by atoms with Gasteiger partial charge in [0.25, 0.3) is 5.91 Å². The Kier molecular flexibility index (Phi) is 7.69. The highest BCUT2D eigenvalue weighted by Gasteiger charge is 2.16. The van der Waals surface area contributed by atoms with Crippen molar-refractivity contribution in [1.82, 2.24) is 5.32 Å². The molecular weight excluding hydrogens is 370 g/mol. The van der Waals surface area contributed by atoms with Crippen molar-refractivity contribution in [3.05, 3.63) is 70.2 Å². The molecule has 0 radical (unpaired) electrons. The van der Waals surface area contributed by atoms with Gasteiger partial charge in [-0.2, -0.15) is 0 Å². The minimum atomic E-state index is -0.243. The monoisotopic (exact) mass is 389 g/mol. The summed E-state index contributed by atoms with van der Waals surface area (Å²) < 4.78 is 4.24. The Balaban J connectivity index is 2.17. The molecule has 1 N–H and O–H groups in total. The predicted octanol–water partition coefficient (Wildman–Crippen LogP) is 4.09. The van der Waals surface area contributed by atoms with E-state index in [1.807, 2.05) is 49.6 Å². The van der Waals surface area contributed by atoms with Gasteiger partial charge in [0.15, 0.2) is 0 Å². The van der Waals surface area contributed by atoms with Crippen LogP contribution in [0, 0.1) is 0 Å². The first-order chi connectivity index (χ1) is 12.6. The topological polar surface area (TPSA) is 63.0 Å². The Labute approximate surface area is 162 Å². The number of rotatable bonds is 7. The SMILES string of the molecule is CNC(=O)/C(=N/SC)c1ccccc1CO/N=C(\C)c1ccc(Cl)cc1. The zero-order valence-electron chi connectivity index (χ0n) is 14.8. The molecule has 5 nitrogen and oxygen atoms in total. The Morgan fingerprint density at radius 2 is 1.88 bits per heavy atom. The average Bonchev–Trinajstić information content (AvgIpc) is 2.66. The minimum Gasteiger partial charge on any atom is -0.391 e. The molecule has 0 heterocycles. The highest BCUT2D eigenvalue weighted by atomic mass is 35.5. The van der Waals surface area contributed by atoms with Gasteiger partial charge < -0.3 is 10.2 Å². The molecule has 0 aliphatic carbocycles. The fourth-order valence-electron chi connectivity index (χ4n) is 2.24. The van der Waals surface area contributed by atoms with Crippen molar-refractivity contribution in [2.75, 3.05) is 13.3 Å². The lowest BCUT2D eigenvalue weighted by Gasteiger charge is -2.10. The van der Waals surface area contributed by atoms with E-state index in [2.05, 4.69) is 14.9 Å². The van der Waals surface area contributed by atoms with Crippen LogP contribution in [-0.2, 0) is 16.2 Å². The van der Waals surface area contributed by atoms with Crippen LogP contribution < -0.4 is 5.32 Å². The van der Waals surface area contributed by atoms with Crippen LogP contribution in [0.3, 0.4) is 0 Å². The molecule has 7 heteroatoms. The van der Waals surface area contributed by atoms with Crippen molar-refractivity contribution >= 4 is 40.9 Å². The van der Waals surface area contributed by atoms with Gasteiger partial charge in [-0.25, -0.2) is 4.40 Å². The number of nitrogens with zero attached hydrogens (tertiary/aromatic N) is 2. The minimum absolute atomic E-state index is 0.228. The van der Waals surface area contributed by atoms with Crippen molar-refractivity contribution < 1.29 is 9.63 Å². The van der Waals surface area contributed by atoms with Gasteiger partial charge in [-0.3, -0.25) is 4.79 Å². The first-order valence-corrected chi connectivity index (χ1v) is 9.46. The number of amides is 1. The first kappa shape index (κ1) is 20.0. The molecule has 2 aromatic carbocycles. The third-order valence-electron chi connectivity index (χ3n) is 3.58. The van der Waals surface area contributed by atoms with Crippen molar-refractivity contribution in [1.29, 1.82) is 0 Å². The first-order valence-electron chi connectivity index (χ1n) is 7.90. The Morgan fingerprint density at radius 1 is 1.19 bits per heavy atom. The van der Waals surface area contributed by atoms with Crippen LogP contribution in [0.15, 0.2) is 58.1 Å². The van der Waals surface area contributed by atoms with E-state index in [1.54, 1.807) is 19.2 Å². The fourth-order valence-corrected chi connectivity index (χ4v) is 2.73. The van der Waals surface area contributed by atoms with Crippen LogP contribution in [0.25, 0.3) is 0 Å². The summed E-state index contributed by atoms with van der Waals surface area (Å²) in [5.41, 5.74) is 3.58. The lowest BCUT2D eigenvalue weighted by molar-refractivity contribution is -0.114. The maximum absolute atomic E-state index is 12.1. The van der Waals surface area contributed by atoms with E-state index in [0.717, 1.165) is 22.4 Å². The molecule has 0 fully saturated rings. The Hall–Kier alpha value is -2.31. The Bertz CT molecular complexity index is 820. The maximum Gasteiger partial charge on any atom is 0.270 e. The fraction of sp³-hybridized carbons (Fsp3) is 0.211. The number of hydrogen-bond acceptors (Lipinski definition) is 5. The zero-order chi connectivity index (χ0) is 18.9. The molecule has 0 atom stereocenters. The summed E-state index contributed by atoms with van der Waals surface area (Å²) in [4.78, 5) is 17.6. The molecule has 0 aliphatic rings. The largest absolute Gasteiger partial charge is 0.391 e. The lowest BCUT2D eigenvalue weighted by atomic mass is 10.0. The van der Waals surface area contributed by atoms with Gasteiger partial charge in [0.2, 0.25) is 0 Å². The van der Waals surface area contributed by atoms with E-state index in [9.17, 15) is 4.79 Å². The second-order valence-electron chi connectivity index (χ2n) is 5.32. The van der Waals surface area contributed by atoms with Crippen molar-refractivity contribution in [3.63, 3.8) is 0 Å². The van der Waals surface area contributed by atoms with Gasteiger partial charge >= 0.3 is 0 Å². The molecule has 26 heavy (non-hydrogen) atoms. The predicted molar refractivity (Wildman–Crippen MR) is 109 cm³/mol. The molecule has 136 valence electrons. The molecule has 0 aliphatic heterocycles. The van der Waals surface area contributed by atoms with E-state index in [1.165, 1.54) is 11.9 Å². The van der Waals surface area contributed by atoms with E-state index < -0.39 is 0 Å². The van der Waals surface area contributed by atoms with E-state index in [0.29, 0.717) is 10.7 Å². The van der Waals surface area contributed by atoms with Gasteiger partial charge in [-0.05, 0) is 36.6 Å². The van der Waals surface area contributed by atoms with Gasteiger partial charge in [0.05, 0.1) is 5.71 Å². The number of nitrogens with one attached hydrogen (secondary N) is 1. The molecule has 0 bridgehead atoms. The van der Waals surface area contributed by atoms with Crippen LogP contribution in [0.4, 0.5) is 0 Å². The molecule has 0 spiro atoms. The van der Waals surface area contributed by atoms with Gasteiger partial charge in [-0.1, -0.05) is 53.2 Å². The van der Waals surface area contributed by atoms with E-state index >= 15 is 0 Å². The molecule has 0 saturated carbocycles. The van der Waals surface area contributed by atoms with Gasteiger partial charge in [0, 0.05) is 29.5 Å². The van der Waals surface area contributed by atoms with Crippen LogP contribution in [0.2, 0.25) is 5.02 Å². The van der Waals surface area contributed by atoms with E-state index in [4.69, 9.17) is 16.4 Å². The summed E-state index contributed by atoms with van der Waals surface area (Å²) in [6, 6.07) is 14.9. The maximum atomic E-state index is 12.1. The number of hydrogen-bond donors (Lipinski definition) is 1. The zero-order valence-corrected chi connectivity index (χ0v) is 16.4. The van der Waals surface area contributed by atoms with Gasteiger partial charge in [-0.15, -0.1) is 0 Å². The summed E-state index contributed by atoms with van der Waals surface area (Å²) in [5.74, 6) is -0.243. The van der Waals surface area contributed by atoms with Crippen molar-refractivity contribution in [2.45, 2.75) is 13.5 Å². The van der Waals surface area contributed by atoms with Gasteiger partial charge in [0.1, 0.15) is 12.3 Å². The molecule has 0 aromatic heterocycles. The molecule has 0 unspecified atom stereocenters. The number of carbonyl (C=O) groups excluding carboxylic acids is 1. The van der Waals surface area contributed by atoms with E-state index in [-0.39, 0.29) is 12.5 Å². The van der Waals surface area contributed by atoms with Crippen molar-refractivity contribution in [3.8, 4) is 0 Å². The third-order valence-corrected chi connectivity index (χ3v) is 4.20. The van der Waals surface area contributed by atoms with Crippen LogP contribution in [0.1, 0.15) is 23.6 Å². The highest BCUT2D eigenvalue weighted by molar-refractivity contribution is 7.97.